The summed E-state index contributed by atoms with van der Waals surface area (Å²) in [6.45, 7) is 13.8. The van der Waals surface area contributed by atoms with Gasteiger partial charge in [0.25, 0.3) is 0 Å². The molecule has 0 aliphatic rings. The molecule has 0 heterocycles. The standard InChI is InChI=1S/C12H28N2/c1-5-10-13-12(4)9-8-11-14(6-2)7-3/h12-13H,5-11H2,1-4H3. The smallest absolute Gasteiger partial charge is 0.00391 e. The van der Waals surface area contributed by atoms with E-state index in [0.29, 0.717) is 6.04 Å². The Morgan fingerprint density at radius 1 is 1.14 bits per heavy atom. The second-order valence-corrected chi connectivity index (χ2v) is 4.02. The highest BCUT2D eigenvalue weighted by Crippen LogP contribution is 1.99. The molecule has 0 amide bonds. The van der Waals surface area contributed by atoms with Crippen LogP contribution in [0.15, 0.2) is 0 Å². The Hall–Kier alpha value is -0.0800. The first-order valence-electron chi connectivity index (χ1n) is 6.20. The summed E-state index contributed by atoms with van der Waals surface area (Å²) in [5, 5.41) is 3.52. The number of rotatable bonds is 9. The van der Waals surface area contributed by atoms with E-state index in [-0.39, 0.29) is 0 Å². The van der Waals surface area contributed by atoms with E-state index in [4.69, 9.17) is 0 Å². The molecule has 0 aromatic carbocycles. The van der Waals surface area contributed by atoms with E-state index < -0.39 is 0 Å². The summed E-state index contributed by atoms with van der Waals surface area (Å²) >= 11 is 0. The van der Waals surface area contributed by atoms with Crippen LogP contribution < -0.4 is 5.32 Å². The molecule has 86 valence electrons. The van der Waals surface area contributed by atoms with Gasteiger partial charge >= 0.3 is 0 Å². The fraction of sp³-hybridized carbons (Fsp3) is 1.00. The van der Waals surface area contributed by atoms with E-state index in [2.05, 4.69) is 37.9 Å². The molecule has 0 radical (unpaired) electrons. The van der Waals surface area contributed by atoms with E-state index in [1.807, 2.05) is 0 Å². The molecule has 1 N–H and O–H groups in total. The molecule has 0 aliphatic carbocycles. The molecule has 0 aliphatic heterocycles. The maximum absolute atomic E-state index is 3.52. The van der Waals surface area contributed by atoms with Crippen molar-refractivity contribution >= 4 is 0 Å². The van der Waals surface area contributed by atoms with Crippen molar-refractivity contribution in [2.24, 2.45) is 0 Å². The molecule has 0 aromatic heterocycles. The Kier molecular flexibility index (Phi) is 9.42. The summed E-state index contributed by atoms with van der Waals surface area (Å²) in [6.07, 6.45) is 3.86. The van der Waals surface area contributed by atoms with Crippen LogP contribution in [0.25, 0.3) is 0 Å². The largest absolute Gasteiger partial charge is 0.314 e. The Bertz CT molecular complexity index is 111. The minimum atomic E-state index is 0.686. The van der Waals surface area contributed by atoms with Crippen LogP contribution in [-0.2, 0) is 0 Å². The second-order valence-electron chi connectivity index (χ2n) is 4.02. The zero-order valence-electron chi connectivity index (χ0n) is 10.5. The van der Waals surface area contributed by atoms with Gasteiger partial charge in [0.05, 0.1) is 0 Å². The first kappa shape index (κ1) is 13.9. The molecule has 1 unspecified atom stereocenters. The zero-order valence-corrected chi connectivity index (χ0v) is 10.5. The van der Waals surface area contributed by atoms with Crippen molar-refractivity contribution in [3.63, 3.8) is 0 Å². The van der Waals surface area contributed by atoms with Crippen LogP contribution in [0, 0.1) is 0 Å². The van der Waals surface area contributed by atoms with Crippen molar-refractivity contribution in [3.8, 4) is 0 Å². The highest BCUT2D eigenvalue weighted by Gasteiger charge is 2.02. The minimum absolute atomic E-state index is 0.686. The normalized spacial score (nSPS) is 13.5. The molecule has 0 fully saturated rings. The first-order valence-corrected chi connectivity index (χ1v) is 6.20. The topological polar surface area (TPSA) is 15.3 Å². The summed E-state index contributed by atoms with van der Waals surface area (Å²) in [4.78, 5) is 2.49. The maximum Gasteiger partial charge on any atom is 0.00391 e. The van der Waals surface area contributed by atoms with Gasteiger partial charge in [-0.3, -0.25) is 0 Å². The highest BCUT2D eigenvalue weighted by molar-refractivity contribution is 4.62. The van der Waals surface area contributed by atoms with Crippen LogP contribution in [0.5, 0.6) is 0 Å². The monoisotopic (exact) mass is 200 g/mol. The molecule has 2 nitrogen and oxygen atoms in total. The van der Waals surface area contributed by atoms with Gasteiger partial charge < -0.3 is 10.2 Å². The van der Waals surface area contributed by atoms with Crippen LogP contribution in [0.4, 0.5) is 0 Å². The van der Waals surface area contributed by atoms with E-state index >= 15 is 0 Å². The second kappa shape index (κ2) is 9.47. The summed E-state index contributed by atoms with van der Waals surface area (Å²) < 4.78 is 0. The highest BCUT2D eigenvalue weighted by atomic mass is 15.1. The minimum Gasteiger partial charge on any atom is -0.314 e. The van der Waals surface area contributed by atoms with Crippen LogP contribution in [0.3, 0.4) is 0 Å². The molecular weight excluding hydrogens is 172 g/mol. The molecule has 0 spiro atoms. The SMILES string of the molecule is CCCNC(C)CCCN(CC)CC. The zero-order chi connectivity index (χ0) is 10.8. The Labute approximate surface area is 90.1 Å². The van der Waals surface area contributed by atoms with Crippen LogP contribution >= 0.6 is 0 Å². The van der Waals surface area contributed by atoms with Gasteiger partial charge in [-0.25, -0.2) is 0 Å². The molecule has 2 heteroatoms. The van der Waals surface area contributed by atoms with Crippen molar-refractivity contribution in [2.75, 3.05) is 26.2 Å². The van der Waals surface area contributed by atoms with Gasteiger partial charge in [0.15, 0.2) is 0 Å². The third kappa shape index (κ3) is 7.34. The Morgan fingerprint density at radius 3 is 2.29 bits per heavy atom. The molecule has 14 heavy (non-hydrogen) atoms. The van der Waals surface area contributed by atoms with Gasteiger partial charge in [-0.2, -0.15) is 0 Å². The third-order valence-corrected chi connectivity index (χ3v) is 2.75. The average Bonchev–Trinajstić information content (AvgIpc) is 2.21. The fourth-order valence-corrected chi connectivity index (χ4v) is 1.65. The number of hydrogen-bond acceptors (Lipinski definition) is 2. The summed E-state index contributed by atoms with van der Waals surface area (Å²) in [6, 6.07) is 0.686. The molecule has 0 saturated carbocycles. The average molecular weight is 200 g/mol. The van der Waals surface area contributed by atoms with E-state index in [1.54, 1.807) is 0 Å². The van der Waals surface area contributed by atoms with Gasteiger partial charge in [0, 0.05) is 6.04 Å². The lowest BCUT2D eigenvalue weighted by Gasteiger charge is -2.19. The first-order chi connectivity index (χ1) is 6.74. The summed E-state index contributed by atoms with van der Waals surface area (Å²) in [7, 11) is 0. The molecular formula is C12H28N2. The van der Waals surface area contributed by atoms with Gasteiger partial charge in [-0.1, -0.05) is 20.8 Å². The lowest BCUT2D eigenvalue weighted by Crippen LogP contribution is -2.29. The van der Waals surface area contributed by atoms with Crippen LogP contribution in [0.2, 0.25) is 0 Å². The van der Waals surface area contributed by atoms with Gasteiger partial charge in [0.1, 0.15) is 0 Å². The lowest BCUT2D eigenvalue weighted by molar-refractivity contribution is 0.290. The molecule has 0 aromatic rings. The third-order valence-electron chi connectivity index (χ3n) is 2.75. The number of nitrogens with one attached hydrogen (secondary N) is 1. The number of nitrogens with zero attached hydrogens (tertiary/aromatic N) is 1. The molecule has 0 bridgehead atoms. The van der Waals surface area contributed by atoms with E-state index in [1.165, 1.54) is 38.9 Å². The number of hydrogen-bond donors (Lipinski definition) is 1. The quantitative estimate of drug-likeness (QED) is 0.615. The van der Waals surface area contributed by atoms with E-state index in [9.17, 15) is 0 Å². The van der Waals surface area contributed by atoms with Crippen molar-refractivity contribution in [1.82, 2.24) is 10.2 Å². The predicted octanol–water partition coefficient (Wildman–Crippen LogP) is 2.50. The predicted molar refractivity (Wildman–Crippen MR) is 64.8 cm³/mol. The van der Waals surface area contributed by atoms with Gasteiger partial charge in [-0.05, 0) is 52.4 Å². The van der Waals surface area contributed by atoms with Gasteiger partial charge in [-0.15, -0.1) is 0 Å². The molecule has 1 atom stereocenters. The van der Waals surface area contributed by atoms with Crippen LogP contribution in [0.1, 0.15) is 47.0 Å². The summed E-state index contributed by atoms with van der Waals surface area (Å²) in [5.41, 5.74) is 0. The van der Waals surface area contributed by atoms with Crippen molar-refractivity contribution in [3.05, 3.63) is 0 Å². The lowest BCUT2D eigenvalue weighted by atomic mass is 10.1. The van der Waals surface area contributed by atoms with Crippen LogP contribution in [-0.4, -0.2) is 37.1 Å². The Balaban J connectivity index is 3.33. The van der Waals surface area contributed by atoms with Crippen molar-refractivity contribution in [2.45, 2.75) is 53.0 Å². The van der Waals surface area contributed by atoms with E-state index in [0.717, 1.165) is 6.54 Å². The Morgan fingerprint density at radius 2 is 1.79 bits per heavy atom. The van der Waals surface area contributed by atoms with Gasteiger partial charge in [0.2, 0.25) is 0 Å². The van der Waals surface area contributed by atoms with Crippen molar-refractivity contribution in [1.29, 1.82) is 0 Å². The van der Waals surface area contributed by atoms with Crippen molar-refractivity contribution < 1.29 is 0 Å². The molecule has 0 saturated heterocycles. The summed E-state index contributed by atoms with van der Waals surface area (Å²) in [5.74, 6) is 0. The fourth-order valence-electron chi connectivity index (χ4n) is 1.65. The molecule has 0 rings (SSSR count). The maximum atomic E-state index is 3.52.